The van der Waals surface area contributed by atoms with Gasteiger partial charge in [0.25, 0.3) is 0 Å². The van der Waals surface area contributed by atoms with E-state index < -0.39 is 0 Å². The first-order valence-electron chi connectivity index (χ1n) is 10.7. The molecule has 1 N–H and O–H groups in total. The van der Waals surface area contributed by atoms with Gasteiger partial charge in [-0.25, -0.2) is 0 Å². The minimum absolute atomic E-state index is 0.406. The van der Waals surface area contributed by atoms with Crippen LogP contribution < -0.4 is 0 Å². The van der Waals surface area contributed by atoms with Gasteiger partial charge in [0, 0.05) is 13.2 Å². The molecule has 0 heterocycles. The molecule has 0 fully saturated rings. The zero-order chi connectivity index (χ0) is 18.0. The molecule has 0 saturated carbocycles. The van der Waals surface area contributed by atoms with Crippen molar-refractivity contribution in [3.05, 3.63) is 29.8 Å². The zero-order valence-electron chi connectivity index (χ0n) is 16.5. The third-order valence-electron chi connectivity index (χ3n) is 4.87. The largest absolute Gasteiger partial charge is 0.508 e. The maximum atomic E-state index is 9.70. The molecule has 0 bridgehead atoms. The van der Waals surface area contributed by atoms with Crippen molar-refractivity contribution in [3.8, 4) is 5.75 Å². The summed E-state index contributed by atoms with van der Waals surface area (Å²) >= 11 is 0. The Morgan fingerprint density at radius 2 is 1.20 bits per heavy atom. The monoisotopic (exact) mass is 348 g/mol. The molecule has 0 amide bonds. The first-order valence-corrected chi connectivity index (χ1v) is 10.7. The van der Waals surface area contributed by atoms with Crippen LogP contribution in [0.1, 0.15) is 96.0 Å². The molecular formula is C23H40O2. The van der Waals surface area contributed by atoms with Gasteiger partial charge in [-0.2, -0.15) is 0 Å². The van der Waals surface area contributed by atoms with Crippen LogP contribution in [-0.2, 0) is 11.2 Å². The van der Waals surface area contributed by atoms with Gasteiger partial charge in [0.05, 0.1) is 0 Å². The number of phenols is 1. The molecule has 0 aromatic heterocycles. The molecule has 0 spiro atoms. The van der Waals surface area contributed by atoms with E-state index in [0.29, 0.717) is 5.75 Å². The molecule has 25 heavy (non-hydrogen) atoms. The Morgan fingerprint density at radius 3 is 1.80 bits per heavy atom. The highest BCUT2D eigenvalue weighted by atomic mass is 16.5. The highest BCUT2D eigenvalue weighted by molar-refractivity contribution is 5.31. The number of aryl methyl sites for hydroxylation is 1. The number of hydrogen-bond acceptors (Lipinski definition) is 2. The molecule has 0 unspecified atom stereocenters. The molecule has 1 aromatic carbocycles. The summed E-state index contributed by atoms with van der Waals surface area (Å²) in [6.07, 6.45) is 18.5. The van der Waals surface area contributed by atoms with Gasteiger partial charge in [-0.1, -0.05) is 95.8 Å². The summed E-state index contributed by atoms with van der Waals surface area (Å²) in [6.45, 7) is 3.96. The molecule has 0 saturated heterocycles. The van der Waals surface area contributed by atoms with Crippen LogP contribution in [-0.4, -0.2) is 18.3 Å². The van der Waals surface area contributed by atoms with Gasteiger partial charge >= 0.3 is 0 Å². The molecule has 0 radical (unpaired) electrons. The van der Waals surface area contributed by atoms with Crippen LogP contribution in [0.15, 0.2) is 24.3 Å². The number of aromatic hydroxyl groups is 1. The summed E-state index contributed by atoms with van der Waals surface area (Å²) in [5.74, 6) is 0.406. The van der Waals surface area contributed by atoms with Crippen molar-refractivity contribution in [1.29, 1.82) is 0 Å². The normalized spacial score (nSPS) is 11.1. The summed E-state index contributed by atoms with van der Waals surface area (Å²) in [5, 5.41) is 9.70. The summed E-state index contributed by atoms with van der Waals surface area (Å²) in [5.41, 5.74) is 1.02. The fourth-order valence-electron chi connectivity index (χ4n) is 3.23. The van der Waals surface area contributed by atoms with Crippen LogP contribution in [0.4, 0.5) is 0 Å². The Bertz CT molecular complexity index is 403. The van der Waals surface area contributed by atoms with Crippen LogP contribution >= 0.6 is 0 Å². The predicted octanol–water partition coefficient (Wildman–Crippen LogP) is 7.04. The molecule has 1 rings (SSSR count). The lowest BCUT2D eigenvalue weighted by atomic mass is 10.1. The minimum Gasteiger partial charge on any atom is -0.508 e. The second-order valence-corrected chi connectivity index (χ2v) is 7.23. The lowest BCUT2D eigenvalue weighted by molar-refractivity contribution is 0.127. The van der Waals surface area contributed by atoms with E-state index in [9.17, 15) is 5.11 Å². The van der Waals surface area contributed by atoms with Gasteiger partial charge in [0.15, 0.2) is 0 Å². The SMILES string of the molecule is CCCCCCCCCCCCCCOCCCc1ccccc1O. The maximum Gasteiger partial charge on any atom is 0.118 e. The molecular weight excluding hydrogens is 308 g/mol. The number of para-hydroxylation sites is 1. The van der Waals surface area contributed by atoms with Gasteiger partial charge in [0.2, 0.25) is 0 Å². The molecule has 2 nitrogen and oxygen atoms in total. The molecule has 0 aliphatic rings. The van der Waals surface area contributed by atoms with E-state index in [1.54, 1.807) is 6.07 Å². The first-order chi connectivity index (χ1) is 12.3. The maximum absolute atomic E-state index is 9.70. The molecule has 2 heteroatoms. The van der Waals surface area contributed by atoms with Gasteiger partial charge in [0.1, 0.15) is 5.75 Å². The molecule has 144 valence electrons. The van der Waals surface area contributed by atoms with E-state index in [0.717, 1.165) is 31.6 Å². The third-order valence-corrected chi connectivity index (χ3v) is 4.87. The number of ether oxygens (including phenoxy) is 1. The van der Waals surface area contributed by atoms with Gasteiger partial charge < -0.3 is 9.84 Å². The van der Waals surface area contributed by atoms with Crippen LogP contribution in [0.2, 0.25) is 0 Å². The number of phenolic OH excluding ortho intramolecular Hbond substituents is 1. The summed E-state index contributed by atoms with van der Waals surface area (Å²) in [7, 11) is 0. The van der Waals surface area contributed by atoms with Crippen LogP contribution in [0.5, 0.6) is 5.75 Å². The Kier molecular flexibility index (Phi) is 14.5. The number of rotatable bonds is 17. The third kappa shape index (κ3) is 12.9. The topological polar surface area (TPSA) is 29.5 Å². The fourth-order valence-corrected chi connectivity index (χ4v) is 3.23. The standard InChI is InChI=1S/C23H40O2/c1-2-3-4-5-6-7-8-9-10-11-12-15-20-25-21-16-18-22-17-13-14-19-23(22)24/h13-14,17,19,24H,2-12,15-16,18,20-21H2,1H3. The highest BCUT2D eigenvalue weighted by Gasteiger charge is 1.99. The van der Waals surface area contributed by atoms with Gasteiger partial charge in [-0.05, 0) is 30.9 Å². The molecule has 0 atom stereocenters. The molecule has 0 aliphatic carbocycles. The van der Waals surface area contributed by atoms with Crippen molar-refractivity contribution in [1.82, 2.24) is 0 Å². The second kappa shape index (κ2) is 16.4. The Balaban J connectivity index is 1.75. The minimum atomic E-state index is 0.406. The van der Waals surface area contributed by atoms with E-state index in [4.69, 9.17) is 4.74 Å². The lowest BCUT2D eigenvalue weighted by Gasteiger charge is -2.06. The second-order valence-electron chi connectivity index (χ2n) is 7.23. The van der Waals surface area contributed by atoms with Crippen LogP contribution in [0, 0.1) is 0 Å². The smallest absolute Gasteiger partial charge is 0.118 e. The summed E-state index contributed by atoms with van der Waals surface area (Å²) in [6, 6.07) is 7.58. The van der Waals surface area contributed by atoms with Crippen LogP contribution in [0.3, 0.4) is 0 Å². The number of hydrogen-bond donors (Lipinski definition) is 1. The number of benzene rings is 1. The van der Waals surface area contributed by atoms with Crippen LogP contribution in [0.25, 0.3) is 0 Å². The average Bonchev–Trinajstić information content (AvgIpc) is 2.63. The lowest BCUT2D eigenvalue weighted by Crippen LogP contribution is -1.99. The van der Waals surface area contributed by atoms with E-state index in [-0.39, 0.29) is 0 Å². The van der Waals surface area contributed by atoms with Crippen molar-refractivity contribution < 1.29 is 9.84 Å². The summed E-state index contributed by atoms with van der Waals surface area (Å²) < 4.78 is 5.71. The van der Waals surface area contributed by atoms with E-state index in [1.165, 1.54) is 77.0 Å². The molecule has 0 aliphatic heterocycles. The quantitative estimate of drug-likeness (QED) is 0.306. The van der Waals surface area contributed by atoms with Crippen molar-refractivity contribution in [2.75, 3.05) is 13.2 Å². The molecule has 1 aromatic rings. The Labute approximate surface area is 156 Å². The Hall–Kier alpha value is -1.02. The average molecular weight is 349 g/mol. The predicted molar refractivity (Wildman–Crippen MR) is 108 cm³/mol. The fraction of sp³-hybridized carbons (Fsp3) is 0.739. The zero-order valence-corrected chi connectivity index (χ0v) is 16.5. The number of unbranched alkanes of at least 4 members (excludes halogenated alkanes) is 11. The highest BCUT2D eigenvalue weighted by Crippen LogP contribution is 2.17. The Morgan fingerprint density at radius 1 is 0.680 bits per heavy atom. The van der Waals surface area contributed by atoms with Gasteiger partial charge in [-0.3, -0.25) is 0 Å². The van der Waals surface area contributed by atoms with Gasteiger partial charge in [-0.15, -0.1) is 0 Å². The van der Waals surface area contributed by atoms with Crippen molar-refractivity contribution >= 4 is 0 Å². The van der Waals surface area contributed by atoms with Crippen molar-refractivity contribution in [2.45, 2.75) is 96.8 Å². The van der Waals surface area contributed by atoms with Crippen molar-refractivity contribution in [2.24, 2.45) is 0 Å². The van der Waals surface area contributed by atoms with E-state index in [2.05, 4.69) is 6.92 Å². The van der Waals surface area contributed by atoms with E-state index in [1.807, 2.05) is 18.2 Å². The van der Waals surface area contributed by atoms with E-state index >= 15 is 0 Å². The van der Waals surface area contributed by atoms with Crippen molar-refractivity contribution in [3.63, 3.8) is 0 Å². The first kappa shape index (κ1) is 22.0. The summed E-state index contributed by atoms with van der Waals surface area (Å²) in [4.78, 5) is 0.